The average molecular weight is 168 g/mol. The van der Waals surface area contributed by atoms with E-state index in [0.717, 1.165) is 19.3 Å². The van der Waals surface area contributed by atoms with Crippen molar-refractivity contribution in [3.63, 3.8) is 0 Å². The minimum atomic E-state index is -0.619. The van der Waals surface area contributed by atoms with Gasteiger partial charge in [-0.15, -0.1) is 0 Å². The molecule has 0 bridgehead atoms. The van der Waals surface area contributed by atoms with Crippen LogP contribution in [0.25, 0.3) is 0 Å². The predicted molar refractivity (Wildman–Crippen MR) is 48.0 cm³/mol. The van der Waals surface area contributed by atoms with Crippen LogP contribution in [0.2, 0.25) is 0 Å². The summed E-state index contributed by atoms with van der Waals surface area (Å²) in [7, 11) is 0. The van der Waals surface area contributed by atoms with Gasteiger partial charge in [-0.3, -0.25) is 4.79 Å². The third kappa shape index (κ3) is 1.68. The van der Waals surface area contributed by atoms with Crippen molar-refractivity contribution in [2.24, 2.45) is 5.41 Å². The zero-order chi connectivity index (χ0) is 9.19. The van der Waals surface area contributed by atoms with E-state index in [-0.39, 0.29) is 0 Å². The molecule has 1 aliphatic carbocycles. The Labute approximate surface area is 73.3 Å². The third-order valence-electron chi connectivity index (χ3n) is 2.67. The molecule has 1 aliphatic rings. The molecule has 0 aromatic rings. The summed E-state index contributed by atoms with van der Waals surface area (Å²) in [5.74, 6) is -0.619. The Kier molecular flexibility index (Phi) is 2.55. The number of carboxylic acid groups (broad SMARTS) is 1. The summed E-state index contributed by atoms with van der Waals surface area (Å²) in [6.45, 7) is 4.02. The van der Waals surface area contributed by atoms with Crippen molar-refractivity contribution in [3.05, 3.63) is 11.6 Å². The van der Waals surface area contributed by atoms with E-state index in [1.807, 2.05) is 19.9 Å². The van der Waals surface area contributed by atoms with E-state index in [4.69, 9.17) is 5.11 Å². The molecule has 0 spiro atoms. The summed E-state index contributed by atoms with van der Waals surface area (Å²) in [5.41, 5.74) is 0.805. The quantitative estimate of drug-likeness (QED) is 0.658. The Hall–Kier alpha value is -0.790. The van der Waals surface area contributed by atoms with Crippen LogP contribution in [-0.4, -0.2) is 11.1 Å². The summed E-state index contributed by atoms with van der Waals surface area (Å²) in [6.07, 6.45) is 5.53. The van der Waals surface area contributed by atoms with Crippen LogP contribution in [0.4, 0.5) is 0 Å². The van der Waals surface area contributed by atoms with Gasteiger partial charge in [0.05, 0.1) is 5.41 Å². The Morgan fingerprint density at radius 1 is 1.50 bits per heavy atom. The molecule has 0 saturated heterocycles. The summed E-state index contributed by atoms with van der Waals surface area (Å²) in [5, 5.41) is 8.97. The lowest BCUT2D eigenvalue weighted by Crippen LogP contribution is -2.37. The van der Waals surface area contributed by atoms with Crippen molar-refractivity contribution >= 4 is 5.97 Å². The summed E-state index contributed by atoms with van der Waals surface area (Å²) >= 11 is 0. The number of carbonyl (C=O) groups is 1. The number of allylic oxidation sites excluding steroid dienone is 2. The Morgan fingerprint density at radius 3 is 2.33 bits per heavy atom. The Morgan fingerprint density at radius 2 is 2.08 bits per heavy atom. The Balaban J connectivity index is 2.57. The molecule has 2 nitrogen and oxygen atoms in total. The summed E-state index contributed by atoms with van der Waals surface area (Å²) < 4.78 is 0. The summed E-state index contributed by atoms with van der Waals surface area (Å²) in [4.78, 5) is 10.9. The van der Waals surface area contributed by atoms with E-state index >= 15 is 0 Å². The minimum absolute atomic E-state index is 0.405. The molecule has 2 heteroatoms. The van der Waals surface area contributed by atoms with Gasteiger partial charge in [-0.25, -0.2) is 0 Å². The van der Waals surface area contributed by atoms with Gasteiger partial charge in [-0.1, -0.05) is 18.1 Å². The van der Waals surface area contributed by atoms with Crippen molar-refractivity contribution in [1.29, 1.82) is 0 Å². The van der Waals surface area contributed by atoms with Crippen LogP contribution in [0.1, 0.15) is 39.5 Å². The normalized spacial score (nSPS) is 19.5. The van der Waals surface area contributed by atoms with Crippen molar-refractivity contribution in [3.8, 4) is 0 Å². The molecule has 12 heavy (non-hydrogen) atoms. The van der Waals surface area contributed by atoms with Gasteiger partial charge in [0.1, 0.15) is 0 Å². The smallest absolute Gasteiger partial charge is 0.309 e. The molecular weight excluding hydrogens is 152 g/mol. The second-order valence-electron chi connectivity index (χ2n) is 3.92. The molecular formula is C10H16O2. The van der Waals surface area contributed by atoms with Gasteiger partial charge in [0.15, 0.2) is 0 Å². The first-order chi connectivity index (χ1) is 5.57. The first-order valence-corrected chi connectivity index (χ1v) is 4.44. The minimum Gasteiger partial charge on any atom is -0.481 e. The molecule has 1 saturated carbocycles. The molecule has 0 unspecified atom stereocenters. The molecule has 1 N–H and O–H groups in total. The van der Waals surface area contributed by atoms with Crippen LogP contribution in [0, 0.1) is 5.41 Å². The molecule has 1 fully saturated rings. The third-order valence-corrected chi connectivity index (χ3v) is 2.67. The van der Waals surface area contributed by atoms with Crippen LogP contribution in [0.15, 0.2) is 11.6 Å². The highest BCUT2D eigenvalue weighted by molar-refractivity contribution is 5.75. The second kappa shape index (κ2) is 3.30. The molecule has 0 aromatic heterocycles. The molecule has 0 radical (unpaired) electrons. The fourth-order valence-corrected chi connectivity index (χ4v) is 1.51. The van der Waals surface area contributed by atoms with Crippen molar-refractivity contribution in [2.75, 3.05) is 0 Å². The molecule has 0 atom stereocenters. The van der Waals surface area contributed by atoms with Gasteiger partial charge >= 0.3 is 5.97 Å². The van der Waals surface area contributed by atoms with Gasteiger partial charge in [0.2, 0.25) is 0 Å². The number of carboxylic acids is 1. The summed E-state index contributed by atoms with van der Waals surface area (Å²) in [6, 6.07) is 0. The van der Waals surface area contributed by atoms with Crippen LogP contribution in [-0.2, 0) is 4.79 Å². The lowest BCUT2D eigenvalue weighted by molar-refractivity contribution is -0.154. The Bertz CT molecular complexity index is 208. The highest BCUT2D eigenvalue weighted by Gasteiger charge is 2.43. The molecule has 1 rings (SSSR count). The van der Waals surface area contributed by atoms with Gasteiger partial charge in [0.25, 0.3) is 0 Å². The van der Waals surface area contributed by atoms with E-state index < -0.39 is 11.4 Å². The first kappa shape index (κ1) is 9.30. The van der Waals surface area contributed by atoms with Crippen molar-refractivity contribution < 1.29 is 9.90 Å². The van der Waals surface area contributed by atoms with Crippen LogP contribution in [0.5, 0.6) is 0 Å². The highest BCUT2D eigenvalue weighted by Crippen LogP contribution is 2.44. The average Bonchev–Trinajstić information content (AvgIpc) is 1.83. The fraction of sp³-hybridized carbons (Fsp3) is 0.700. The maximum Gasteiger partial charge on any atom is 0.309 e. The largest absolute Gasteiger partial charge is 0.481 e. The lowest BCUT2D eigenvalue weighted by Gasteiger charge is -2.36. The van der Waals surface area contributed by atoms with Crippen LogP contribution >= 0.6 is 0 Å². The monoisotopic (exact) mass is 168 g/mol. The number of aliphatic carboxylic acids is 1. The highest BCUT2D eigenvalue weighted by atomic mass is 16.4. The fourth-order valence-electron chi connectivity index (χ4n) is 1.51. The molecule has 68 valence electrons. The second-order valence-corrected chi connectivity index (χ2v) is 3.92. The first-order valence-electron chi connectivity index (χ1n) is 4.44. The van der Waals surface area contributed by atoms with Crippen molar-refractivity contribution in [2.45, 2.75) is 39.5 Å². The maximum absolute atomic E-state index is 10.9. The lowest BCUT2D eigenvalue weighted by atomic mass is 9.66. The van der Waals surface area contributed by atoms with Gasteiger partial charge in [0, 0.05) is 0 Å². The van der Waals surface area contributed by atoms with Gasteiger partial charge in [-0.05, 0) is 33.1 Å². The number of hydrogen-bond donors (Lipinski definition) is 1. The maximum atomic E-state index is 10.9. The SMILES string of the molecule is CC(C)=CCC1(C(=O)O)CCC1. The van der Waals surface area contributed by atoms with Crippen molar-refractivity contribution in [1.82, 2.24) is 0 Å². The predicted octanol–water partition coefficient (Wildman–Crippen LogP) is 2.60. The number of hydrogen-bond acceptors (Lipinski definition) is 1. The topological polar surface area (TPSA) is 37.3 Å². The van der Waals surface area contributed by atoms with Crippen LogP contribution < -0.4 is 0 Å². The van der Waals surface area contributed by atoms with Gasteiger partial charge < -0.3 is 5.11 Å². The molecule has 0 amide bonds. The number of rotatable bonds is 3. The molecule has 0 aliphatic heterocycles. The zero-order valence-corrected chi connectivity index (χ0v) is 7.76. The molecule has 0 aromatic carbocycles. The van der Waals surface area contributed by atoms with E-state index in [0.29, 0.717) is 6.42 Å². The standard InChI is InChI=1S/C10H16O2/c1-8(2)4-7-10(9(11)12)5-3-6-10/h4H,3,5-7H2,1-2H3,(H,11,12). The molecule has 0 heterocycles. The van der Waals surface area contributed by atoms with E-state index in [1.54, 1.807) is 0 Å². The van der Waals surface area contributed by atoms with Crippen LogP contribution in [0.3, 0.4) is 0 Å². The van der Waals surface area contributed by atoms with E-state index in [9.17, 15) is 4.79 Å². The van der Waals surface area contributed by atoms with Gasteiger partial charge in [-0.2, -0.15) is 0 Å². The zero-order valence-electron chi connectivity index (χ0n) is 7.76. The van der Waals surface area contributed by atoms with E-state index in [2.05, 4.69) is 0 Å². The van der Waals surface area contributed by atoms with E-state index in [1.165, 1.54) is 5.57 Å².